The molecule has 0 saturated heterocycles. The van der Waals surface area contributed by atoms with Crippen LogP contribution in [-0.2, 0) is 46.4 Å². The van der Waals surface area contributed by atoms with Crippen molar-refractivity contribution in [3.05, 3.63) is 198 Å². The summed E-state index contributed by atoms with van der Waals surface area (Å²) in [6.07, 6.45) is 6.84. The van der Waals surface area contributed by atoms with E-state index in [4.69, 9.17) is 23.7 Å². The van der Waals surface area contributed by atoms with Gasteiger partial charge in [0, 0.05) is 94.5 Å². The number of ether oxygens (including phenoxy) is 6. The van der Waals surface area contributed by atoms with Crippen LogP contribution in [0.2, 0.25) is 0 Å². The Bertz CT molecular complexity index is 3620. The highest BCUT2D eigenvalue weighted by atomic mass is 32.2. The van der Waals surface area contributed by atoms with Gasteiger partial charge in [-0.1, -0.05) is 49.7 Å². The van der Waals surface area contributed by atoms with E-state index < -0.39 is 39.6 Å². The SMILES string of the molecule is CCCCOCCOc1ccc(-c2ccc(OC(F)(F)F)c(/C=C/C(=O)Nc3ccc(S(=O)CC4=C(C)N(CCCOCCOc5ccc(-c6ccc(OC)c(/C=C/C(=O)Nc7ccc(S(=O)Cc8cnccc8C)cc7)c6)cc5)CN4CC)cc3)c2)cc1. The van der Waals surface area contributed by atoms with Crippen molar-refractivity contribution < 1.29 is 59.6 Å². The Kier molecular flexibility index (Phi) is 24.7. The Morgan fingerprint density at radius 1 is 0.607 bits per heavy atom. The van der Waals surface area contributed by atoms with Gasteiger partial charge in [-0.2, -0.15) is 0 Å². The first kappa shape index (κ1) is 66.4. The number of pyridine rings is 1. The van der Waals surface area contributed by atoms with Crippen molar-refractivity contribution in [2.45, 2.75) is 68.9 Å². The van der Waals surface area contributed by atoms with Crippen LogP contribution >= 0.6 is 0 Å². The smallest absolute Gasteiger partial charge is 0.496 e. The second-order valence-electron chi connectivity index (χ2n) is 20.7. The largest absolute Gasteiger partial charge is 0.573 e. The molecule has 1 aliphatic heterocycles. The summed E-state index contributed by atoms with van der Waals surface area (Å²) >= 11 is 0. The summed E-state index contributed by atoms with van der Waals surface area (Å²) in [6.45, 7) is 13.1. The third-order valence-corrected chi connectivity index (χ3v) is 17.2. The number of carbonyl (C=O) groups excluding carboxylic acids is 2. The van der Waals surface area contributed by atoms with Crippen LogP contribution in [0.25, 0.3) is 34.4 Å². The van der Waals surface area contributed by atoms with Gasteiger partial charge in [0.1, 0.15) is 36.2 Å². The zero-order valence-corrected chi connectivity index (χ0v) is 52.2. The molecular weight excluding hydrogens is 1180 g/mol. The van der Waals surface area contributed by atoms with E-state index in [1.165, 1.54) is 30.4 Å². The van der Waals surface area contributed by atoms with Gasteiger partial charge in [0.15, 0.2) is 0 Å². The lowest BCUT2D eigenvalue weighted by atomic mass is 10.0. The number of benzene rings is 6. The van der Waals surface area contributed by atoms with Gasteiger partial charge >= 0.3 is 6.36 Å². The van der Waals surface area contributed by atoms with Crippen LogP contribution in [0.1, 0.15) is 62.3 Å². The van der Waals surface area contributed by atoms with Gasteiger partial charge in [-0.05, 0) is 182 Å². The molecule has 89 heavy (non-hydrogen) atoms. The third-order valence-electron chi connectivity index (χ3n) is 14.5. The molecule has 0 fully saturated rings. The van der Waals surface area contributed by atoms with Crippen LogP contribution in [0.3, 0.4) is 0 Å². The number of carbonyl (C=O) groups is 2. The summed E-state index contributed by atoms with van der Waals surface area (Å²) in [7, 11) is -1.08. The Morgan fingerprint density at radius 2 is 1.11 bits per heavy atom. The van der Waals surface area contributed by atoms with Crippen molar-refractivity contribution in [1.29, 1.82) is 0 Å². The number of aryl methyl sites for hydroxylation is 1. The van der Waals surface area contributed by atoms with Gasteiger partial charge in [0.05, 0.1) is 60.1 Å². The molecule has 0 radical (unpaired) electrons. The van der Waals surface area contributed by atoms with Gasteiger partial charge < -0.3 is 48.9 Å². The van der Waals surface area contributed by atoms with Crippen molar-refractivity contribution in [2.75, 3.05) is 82.9 Å². The van der Waals surface area contributed by atoms with Crippen molar-refractivity contribution in [3.8, 4) is 45.3 Å². The van der Waals surface area contributed by atoms with E-state index in [1.807, 2.05) is 62.4 Å². The number of unbranched alkanes of at least 4 members (excludes halogenated alkanes) is 1. The quantitative estimate of drug-likeness (QED) is 0.0302. The number of anilines is 2. The van der Waals surface area contributed by atoms with E-state index in [2.05, 4.69) is 44.0 Å². The first-order valence-electron chi connectivity index (χ1n) is 29.3. The fourth-order valence-electron chi connectivity index (χ4n) is 9.54. The molecule has 468 valence electrons. The molecule has 7 aromatic rings. The van der Waals surface area contributed by atoms with Gasteiger partial charge in [0.25, 0.3) is 0 Å². The first-order chi connectivity index (χ1) is 43.1. The highest BCUT2D eigenvalue weighted by Crippen LogP contribution is 2.34. The number of aromatic nitrogens is 1. The molecular formula is C69H74F3N5O10S2. The number of rotatable bonds is 32. The van der Waals surface area contributed by atoms with E-state index in [0.717, 1.165) is 83.2 Å². The Labute approximate surface area is 523 Å². The number of alkyl halides is 3. The summed E-state index contributed by atoms with van der Waals surface area (Å²) in [5, 5.41) is 5.60. The fraction of sp³-hybridized carbons (Fsp3) is 0.290. The van der Waals surface area contributed by atoms with Crippen molar-refractivity contribution >= 4 is 56.9 Å². The molecule has 15 nitrogen and oxygen atoms in total. The summed E-state index contributed by atoms with van der Waals surface area (Å²) in [5.41, 5.74) is 8.96. The van der Waals surface area contributed by atoms with Crippen LogP contribution in [0.5, 0.6) is 23.0 Å². The van der Waals surface area contributed by atoms with Crippen LogP contribution in [0, 0.1) is 6.92 Å². The Hall–Kier alpha value is -8.56. The number of hydrogen-bond acceptors (Lipinski definition) is 13. The topological polar surface area (TPSA) is 167 Å². The molecule has 0 bridgehead atoms. The molecule has 2 unspecified atom stereocenters. The Balaban J connectivity index is 0.750. The van der Waals surface area contributed by atoms with Crippen LogP contribution in [-0.4, -0.2) is 114 Å². The number of amides is 2. The van der Waals surface area contributed by atoms with Gasteiger partial charge in [-0.15, -0.1) is 13.2 Å². The minimum Gasteiger partial charge on any atom is -0.496 e. The average Bonchev–Trinajstić information content (AvgIpc) is 3.09. The minimum absolute atomic E-state index is 0.0437. The molecule has 2 N–H and O–H groups in total. The van der Waals surface area contributed by atoms with Crippen LogP contribution in [0.4, 0.5) is 24.5 Å². The number of methoxy groups -OCH3 is 1. The van der Waals surface area contributed by atoms with E-state index in [1.54, 1.807) is 98.4 Å². The van der Waals surface area contributed by atoms with Crippen LogP contribution in [0.15, 0.2) is 185 Å². The molecule has 2 atom stereocenters. The molecule has 2 heterocycles. The van der Waals surface area contributed by atoms with E-state index in [-0.39, 0.29) is 11.5 Å². The molecule has 20 heteroatoms. The van der Waals surface area contributed by atoms with Gasteiger partial charge in [0.2, 0.25) is 11.8 Å². The number of hydrogen-bond donors (Lipinski definition) is 2. The normalized spacial score (nSPS) is 13.3. The molecule has 1 aliphatic rings. The van der Waals surface area contributed by atoms with Crippen LogP contribution < -0.4 is 29.6 Å². The molecule has 0 aliphatic carbocycles. The average molecular weight is 1250 g/mol. The predicted molar refractivity (Wildman–Crippen MR) is 344 cm³/mol. The van der Waals surface area contributed by atoms with E-state index in [9.17, 15) is 31.2 Å². The third kappa shape index (κ3) is 20.2. The fourth-order valence-corrected chi connectivity index (χ4v) is 12.0. The van der Waals surface area contributed by atoms with Gasteiger partial charge in [-0.25, -0.2) is 0 Å². The summed E-state index contributed by atoms with van der Waals surface area (Å²) in [4.78, 5) is 35.9. The standard InChI is InChI=1S/C69H74F3N5O10S2/c1-6-8-37-83-39-41-85-60-24-12-52(13-25-60)54-15-31-66(87-69(70,71)72)56(44-54)17-33-68(79)75-59-20-28-63(29-21-59)89(81)47-64-50(4)77(48-76(64)7-2)36-9-38-84-40-42-86-61-22-10-51(11-23-61)53-14-30-65(82-5)55(43-53)16-32-67(78)74-58-18-26-62(27-19-58)88(80)46-57-45-73-35-34-49(57)3/h10-35,43-45H,6-9,36-42,46-48H2,1-5H3,(H,74,78)(H,75,79)/b32-16+,33-17+. The maximum Gasteiger partial charge on any atom is 0.573 e. The number of allylic oxidation sites excluding steroid dienone is 1. The summed E-state index contributed by atoms with van der Waals surface area (Å²) in [5.74, 6) is 1.22. The first-order valence-corrected chi connectivity index (χ1v) is 31.9. The molecule has 6 aromatic carbocycles. The van der Waals surface area contributed by atoms with Gasteiger partial charge in [-0.3, -0.25) is 23.0 Å². The molecule has 0 saturated carbocycles. The Morgan fingerprint density at radius 3 is 1.62 bits per heavy atom. The summed E-state index contributed by atoms with van der Waals surface area (Å²) in [6, 6.07) is 40.4. The second-order valence-corrected chi connectivity index (χ2v) is 23.6. The lowest BCUT2D eigenvalue weighted by Crippen LogP contribution is -2.29. The molecule has 1 aromatic heterocycles. The molecule has 0 spiro atoms. The lowest BCUT2D eigenvalue weighted by molar-refractivity contribution is -0.274. The second kappa shape index (κ2) is 33.1. The number of halogens is 3. The van der Waals surface area contributed by atoms with E-state index >= 15 is 0 Å². The van der Waals surface area contributed by atoms with E-state index in [0.29, 0.717) is 102 Å². The number of nitrogens with zero attached hydrogens (tertiary/aromatic N) is 3. The summed E-state index contributed by atoms with van der Waals surface area (Å²) < 4.78 is 100. The monoisotopic (exact) mass is 1250 g/mol. The predicted octanol–water partition coefficient (Wildman–Crippen LogP) is 13.9. The lowest BCUT2D eigenvalue weighted by Gasteiger charge is -2.23. The zero-order valence-electron chi connectivity index (χ0n) is 50.5. The number of nitrogens with one attached hydrogen (secondary N) is 2. The van der Waals surface area contributed by atoms with Crippen molar-refractivity contribution in [3.63, 3.8) is 0 Å². The minimum atomic E-state index is -4.95. The zero-order chi connectivity index (χ0) is 63.1. The maximum atomic E-state index is 13.8. The van der Waals surface area contributed by atoms with Crippen molar-refractivity contribution in [1.82, 2.24) is 14.8 Å². The maximum absolute atomic E-state index is 13.8. The molecule has 2 amide bonds. The highest BCUT2D eigenvalue weighted by molar-refractivity contribution is 7.85. The highest BCUT2D eigenvalue weighted by Gasteiger charge is 2.32. The van der Waals surface area contributed by atoms with Crippen molar-refractivity contribution in [2.24, 2.45) is 0 Å². The molecule has 8 rings (SSSR count).